The number of aromatic hydroxyl groups is 1. The van der Waals surface area contributed by atoms with Crippen LogP contribution in [0.5, 0.6) is 11.5 Å². The molecule has 0 aromatic heterocycles. The predicted octanol–water partition coefficient (Wildman–Crippen LogP) is 5.92. The van der Waals surface area contributed by atoms with Gasteiger partial charge in [0.2, 0.25) is 0 Å². The quantitative estimate of drug-likeness (QED) is 0.553. The molecule has 0 heterocycles. The number of phenols is 1. The maximum Gasteiger partial charge on any atom is 0.161 e. The molecule has 2 rings (SSSR count). The first-order valence-electron chi connectivity index (χ1n) is 11.9. The molecule has 1 aliphatic carbocycles. The molecule has 0 radical (unpaired) electrons. The molecule has 1 aromatic carbocycles. The molecular formula is C26H47NO4. The number of nitrogens with two attached hydrogens (primary N) is 1. The number of ether oxygens (including phenoxy) is 2. The minimum absolute atomic E-state index is 0.0375. The Hall–Kier alpha value is -1.59. The van der Waals surface area contributed by atoms with E-state index >= 15 is 0 Å². The molecule has 1 fully saturated rings. The minimum Gasteiger partial charge on any atom is -0.504 e. The van der Waals surface area contributed by atoms with Gasteiger partial charge in [-0.25, -0.2) is 0 Å². The minimum atomic E-state index is -0.991. The lowest BCUT2D eigenvalue weighted by atomic mass is 9.53. The van der Waals surface area contributed by atoms with E-state index in [1.54, 1.807) is 27.2 Å². The highest BCUT2D eigenvalue weighted by Crippen LogP contribution is 2.55. The van der Waals surface area contributed by atoms with Crippen molar-refractivity contribution in [3.8, 4) is 11.5 Å². The van der Waals surface area contributed by atoms with Crippen LogP contribution in [0.4, 0.5) is 0 Å². The van der Waals surface area contributed by atoms with E-state index in [4.69, 9.17) is 15.2 Å². The summed E-state index contributed by atoms with van der Waals surface area (Å²) in [5, 5.41) is 11.1. The summed E-state index contributed by atoms with van der Waals surface area (Å²) in [5.41, 5.74) is 7.23. The van der Waals surface area contributed by atoms with Crippen molar-refractivity contribution in [1.29, 1.82) is 0 Å². The van der Waals surface area contributed by atoms with Gasteiger partial charge in [-0.15, -0.1) is 0 Å². The number of rotatable bonds is 7. The highest BCUT2D eigenvalue weighted by Gasteiger charge is 2.56. The van der Waals surface area contributed by atoms with E-state index in [-0.39, 0.29) is 22.9 Å². The first kappa shape index (κ1) is 29.4. The highest BCUT2D eigenvalue weighted by atomic mass is 16.5. The molecule has 0 spiro atoms. The Morgan fingerprint density at radius 1 is 1.16 bits per heavy atom. The molecular weight excluding hydrogens is 390 g/mol. The standard InChI is InChI=1S/C22H35NO4.2C2H6/c1-7-11-21(19-14(3)9-10-17(26-5)20(19)25)13-18(27-6)22(23,15(4)24)12-16(21)8-2;2*1-2/h9-10,16,18,25H,7-8,11-13,23H2,1-6H3;2*1-2H3/t16?,18?,21-,22-;;/m0../s1. The molecule has 1 aromatic rings. The number of methoxy groups -OCH3 is 2. The zero-order chi connectivity index (χ0) is 24.4. The topological polar surface area (TPSA) is 81.8 Å². The summed E-state index contributed by atoms with van der Waals surface area (Å²) in [4.78, 5) is 12.4. The van der Waals surface area contributed by atoms with Crippen molar-refractivity contribution < 1.29 is 19.4 Å². The predicted molar refractivity (Wildman–Crippen MR) is 130 cm³/mol. The molecule has 1 aliphatic rings. The first-order valence-corrected chi connectivity index (χ1v) is 11.9. The van der Waals surface area contributed by atoms with E-state index in [0.717, 1.165) is 30.4 Å². The summed E-state index contributed by atoms with van der Waals surface area (Å²) in [7, 11) is 3.19. The highest BCUT2D eigenvalue weighted by molar-refractivity contribution is 5.87. The van der Waals surface area contributed by atoms with Crippen molar-refractivity contribution in [2.24, 2.45) is 11.7 Å². The molecule has 180 valence electrons. The van der Waals surface area contributed by atoms with Crippen molar-refractivity contribution >= 4 is 5.78 Å². The van der Waals surface area contributed by atoms with Crippen LogP contribution in [-0.4, -0.2) is 36.8 Å². The third-order valence-electron chi connectivity index (χ3n) is 6.69. The van der Waals surface area contributed by atoms with Crippen LogP contribution in [0.15, 0.2) is 12.1 Å². The Morgan fingerprint density at radius 3 is 2.16 bits per heavy atom. The van der Waals surface area contributed by atoms with Crippen molar-refractivity contribution in [1.82, 2.24) is 0 Å². The zero-order valence-corrected chi connectivity index (χ0v) is 21.6. The summed E-state index contributed by atoms with van der Waals surface area (Å²) < 4.78 is 11.2. The molecule has 0 amide bonds. The van der Waals surface area contributed by atoms with Crippen LogP contribution in [0.2, 0.25) is 0 Å². The van der Waals surface area contributed by atoms with Gasteiger partial charge in [-0.2, -0.15) is 0 Å². The summed E-state index contributed by atoms with van der Waals surface area (Å²) in [6.45, 7) is 15.9. The summed E-state index contributed by atoms with van der Waals surface area (Å²) in [5.74, 6) is 0.802. The van der Waals surface area contributed by atoms with Gasteiger partial charge in [0.1, 0.15) is 5.54 Å². The molecule has 5 heteroatoms. The van der Waals surface area contributed by atoms with Crippen LogP contribution in [-0.2, 0) is 14.9 Å². The van der Waals surface area contributed by atoms with E-state index < -0.39 is 11.6 Å². The Bertz CT molecular complexity index is 690. The van der Waals surface area contributed by atoms with Crippen LogP contribution >= 0.6 is 0 Å². The monoisotopic (exact) mass is 437 g/mol. The number of Topliss-reactive ketones (excluding diaryl/α,β-unsaturated/α-hetero) is 1. The van der Waals surface area contributed by atoms with Crippen LogP contribution < -0.4 is 10.5 Å². The molecule has 0 saturated heterocycles. The second-order valence-electron chi connectivity index (χ2n) is 8.05. The van der Waals surface area contributed by atoms with Crippen LogP contribution in [0, 0.1) is 12.8 Å². The number of hydrogen-bond acceptors (Lipinski definition) is 5. The van der Waals surface area contributed by atoms with E-state index in [1.165, 1.54) is 0 Å². The molecule has 2 unspecified atom stereocenters. The lowest BCUT2D eigenvalue weighted by Crippen LogP contribution is -2.65. The van der Waals surface area contributed by atoms with Gasteiger partial charge >= 0.3 is 0 Å². The number of phenolic OH excluding ortho intramolecular Hbond substituents is 1. The Balaban J connectivity index is 0.00000212. The smallest absolute Gasteiger partial charge is 0.161 e. The average Bonchev–Trinajstić information content (AvgIpc) is 2.78. The number of benzene rings is 1. The van der Waals surface area contributed by atoms with Crippen LogP contribution in [0.25, 0.3) is 0 Å². The van der Waals surface area contributed by atoms with E-state index in [1.807, 2.05) is 40.7 Å². The second kappa shape index (κ2) is 13.1. The van der Waals surface area contributed by atoms with Gasteiger partial charge in [-0.3, -0.25) is 4.79 Å². The summed E-state index contributed by atoms with van der Waals surface area (Å²) >= 11 is 0. The van der Waals surface area contributed by atoms with Gasteiger partial charge < -0.3 is 20.3 Å². The molecule has 31 heavy (non-hydrogen) atoms. The summed E-state index contributed by atoms with van der Waals surface area (Å²) in [6, 6.07) is 3.79. The summed E-state index contributed by atoms with van der Waals surface area (Å²) in [6.07, 6.45) is 3.48. The van der Waals surface area contributed by atoms with Gasteiger partial charge in [-0.1, -0.05) is 60.5 Å². The molecule has 0 bridgehead atoms. The van der Waals surface area contributed by atoms with Gasteiger partial charge in [0.25, 0.3) is 0 Å². The van der Waals surface area contributed by atoms with Crippen LogP contribution in [0.3, 0.4) is 0 Å². The molecule has 5 nitrogen and oxygen atoms in total. The maximum absolute atomic E-state index is 12.4. The van der Waals surface area contributed by atoms with E-state index in [0.29, 0.717) is 18.6 Å². The van der Waals surface area contributed by atoms with E-state index in [2.05, 4.69) is 13.8 Å². The van der Waals surface area contributed by atoms with Gasteiger partial charge in [0, 0.05) is 18.1 Å². The Morgan fingerprint density at radius 2 is 1.74 bits per heavy atom. The van der Waals surface area contributed by atoms with Gasteiger partial charge in [-0.05, 0) is 50.7 Å². The fourth-order valence-corrected chi connectivity index (χ4v) is 5.26. The first-order chi connectivity index (χ1) is 14.7. The third kappa shape index (κ3) is 5.61. The van der Waals surface area contributed by atoms with Crippen molar-refractivity contribution in [2.45, 2.75) is 105 Å². The maximum atomic E-state index is 12.4. The van der Waals surface area contributed by atoms with Crippen molar-refractivity contribution in [3.63, 3.8) is 0 Å². The van der Waals surface area contributed by atoms with Gasteiger partial charge in [0.05, 0.1) is 13.2 Å². The fourth-order valence-electron chi connectivity index (χ4n) is 5.26. The third-order valence-corrected chi connectivity index (χ3v) is 6.69. The lowest BCUT2D eigenvalue weighted by molar-refractivity contribution is -0.134. The number of carbonyl (C=O) groups is 1. The number of ketones is 1. The fraction of sp³-hybridized carbons (Fsp3) is 0.731. The van der Waals surface area contributed by atoms with E-state index in [9.17, 15) is 9.90 Å². The van der Waals surface area contributed by atoms with Crippen LogP contribution in [0.1, 0.15) is 91.7 Å². The van der Waals surface area contributed by atoms with Crippen molar-refractivity contribution in [3.05, 3.63) is 23.3 Å². The number of carbonyl (C=O) groups excluding carboxylic acids is 1. The number of hydrogen-bond donors (Lipinski definition) is 2. The average molecular weight is 438 g/mol. The number of aryl methyl sites for hydroxylation is 1. The molecule has 3 N–H and O–H groups in total. The molecule has 0 aliphatic heterocycles. The SMILES string of the molecule is CC.CC.CCC[C@]1(c2c(C)ccc(OC)c2O)CC(OC)[C@@](N)(C(C)=O)CC1CC. The molecule has 4 atom stereocenters. The normalized spacial score (nSPS) is 27.3. The van der Waals surface area contributed by atoms with Crippen molar-refractivity contribution in [2.75, 3.05) is 14.2 Å². The molecule has 1 saturated carbocycles. The zero-order valence-electron chi connectivity index (χ0n) is 21.6. The second-order valence-corrected chi connectivity index (χ2v) is 8.05. The Kier molecular flexibility index (Phi) is 12.4. The van der Waals surface area contributed by atoms with Gasteiger partial charge in [0.15, 0.2) is 17.3 Å². The lowest BCUT2D eigenvalue weighted by Gasteiger charge is -2.54. The largest absolute Gasteiger partial charge is 0.504 e. The Labute approximate surface area is 190 Å².